The van der Waals surface area contributed by atoms with Crippen molar-refractivity contribution in [2.24, 2.45) is 0 Å². The van der Waals surface area contributed by atoms with E-state index < -0.39 is 0 Å². The maximum Gasteiger partial charge on any atom is 0.119 e. The average molecular weight is 232 g/mol. The summed E-state index contributed by atoms with van der Waals surface area (Å²) in [4.78, 5) is 4.07. The molecule has 1 aromatic heterocycles. The van der Waals surface area contributed by atoms with Crippen LogP contribution in [-0.2, 0) is 19.6 Å². The van der Waals surface area contributed by atoms with Gasteiger partial charge in [-0.3, -0.25) is 0 Å². The van der Waals surface area contributed by atoms with Gasteiger partial charge in [-0.05, 0) is 24.1 Å². The zero-order chi connectivity index (χ0) is 12.1. The van der Waals surface area contributed by atoms with Gasteiger partial charge in [0.2, 0.25) is 0 Å². The number of aryl methyl sites for hydroxylation is 2. The van der Waals surface area contributed by atoms with Crippen molar-refractivity contribution in [2.45, 2.75) is 19.6 Å². The molecule has 4 heteroatoms. The summed E-state index contributed by atoms with van der Waals surface area (Å²) >= 11 is 0. The molecule has 0 atom stereocenters. The zero-order valence-electron chi connectivity index (χ0n) is 9.84. The Kier molecular flexibility index (Phi) is 3.77. The van der Waals surface area contributed by atoms with Gasteiger partial charge in [-0.2, -0.15) is 0 Å². The standard InChI is InChI=1S/C13H16N2O2/c1-17-13-4-2-3-11(7-13)5-6-15-8-12(9-16)14-10-15/h2-4,7-8,10,16H,5-6,9H2,1H3. The smallest absolute Gasteiger partial charge is 0.119 e. The molecule has 0 aliphatic carbocycles. The third kappa shape index (κ3) is 3.07. The molecule has 0 saturated carbocycles. The van der Waals surface area contributed by atoms with Gasteiger partial charge in [-0.1, -0.05) is 12.1 Å². The van der Waals surface area contributed by atoms with Gasteiger partial charge < -0.3 is 14.4 Å². The van der Waals surface area contributed by atoms with Crippen molar-refractivity contribution in [3.8, 4) is 5.75 Å². The number of aromatic nitrogens is 2. The van der Waals surface area contributed by atoms with E-state index in [4.69, 9.17) is 9.84 Å². The fourth-order valence-corrected chi connectivity index (χ4v) is 1.70. The van der Waals surface area contributed by atoms with Crippen molar-refractivity contribution in [1.82, 2.24) is 9.55 Å². The van der Waals surface area contributed by atoms with E-state index in [-0.39, 0.29) is 6.61 Å². The van der Waals surface area contributed by atoms with Crippen LogP contribution in [0.15, 0.2) is 36.8 Å². The Morgan fingerprint density at radius 1 is 1.41 bits per heavy atom. The number of benzene rings is 1. The number of aliphatic hydroxyl groups excluding tert-OH is 1. The van der Waals surface area contributed by atoms with Gasteiger partial charge >= 0.3 is 0 Å². The van der Waals surface area contributed by atoms with Crippen LogP contribution < -0.4 is 4.74 Å². The molecule has 0 radical (unpaired) electrons. The molecule has 0 aliphatic heterocycles. The lowest BCUT2D eigenvalue weighted by atomic mass is 10.1. The maximum atomic E-state index is 8.91. The molecule has 90 valence electrons. The highest BCUT2D eigenvalue weighted by molar-refractivity contribution is 5.28. The summed E-state index contributed by atoms with van der Waals surface area (Å²) in [6.07, 6.45) is 4.52. The van der Waals surface area contributed by atoms with Crippen LogP contribution in [-0.4, -0.2) is 21.8 Å². The number of hydrogen-bond acceptors (Lipinski definition) is 3. The Morgan fingerprint density at radius 2 is 2.29 bits per heavy atom. The van der Waals surface area contributed by atoms with E-state index in [2.05, 4.69) is 11.1 Å². The van der Waals surface area contributed by atoms with Gasteiger partial charge in [0.25, 0.3) is 0 Å². The zero-order valence-corrected chi connectivity index (χ0v) is 9.84. The van der Waals surface area contributed by atoms with Gasteiger partial charge in [0.1, 0.15) is 5.75 Å². The van der Waals surface area contributed by atoms with Gasteiger partial charge in [-0.15, -0.1) is 0 Å². The molecular weight excluding hydrogens is 216 g/mol. The van der Waals surface area contributed by atoms with Crippen LogP contribution in [0.25, 0.3) is 0 Å². The number of methoxy groups -OCH3 is 1. The molecule has 1 N–H and O–H groups in total. The topological polar surface area (TPSA) is 47.3 Å². The van der Waals surface area contributed by atoms with Crippen LogP contribution in [0.5, 0.6) is 5.75 Å². The molecule has 4 nitrogen and oxygen atoms in total. The summed E-state index contributed by atoms with van der Waals surface area (Å²) in [5.74, 6) is 0.879. The molecule has 0 bridgehead atoms. The van der Waals surface area contributed by atoms with E-state index in [1.807, 2.05) is 29.0 Å². The highest BCUT2D eigenvalue weighted by Gasteiger charge is 1.99. The van der Waals surface area contributed by atoms with Crippen molar-refractivity contribution in [3.05, 3.63) is 48.0 Å². The predicted molar refractivity (Wildman–Crippen MR) is 64.8 cm³/mol. The first-order valence-corrected chi connectivity index (χ1v) is 5.56. The third-order valence-corrected chi connectivity index (χ3v) is 2.64. The van der Waals surface area contributed by atoms with Gasteiger partial charge in [0.15, 0.2) is 0 Å². The van der Waals surface area contributed by atoms with E-state index in [0.717, 1.165) is 18.7 Å². The molecule has 17 heavy (non-hydrogen) atoms. The first kappa shape index (κ1) is 11.7. The van der Waals surface area contributed by atoms with Crippen molar-refractivity contribution in [2.75, 3.05) is 7.11 Å². The second kappa shape index (κ2) is 5.50. The SMILES string of the molecule is COc1cccc(CCn2cnc(CO)c2)c1. The van der Waals surface area contributed by atoms with Gasteiger partial charge in [0, 0.05) is 12.7 Å². The highest BCUT2D eigenvalue weighted by Crippen LogP contribution is 2.13. The minimum Gasteiger partial charge on any atom is -0.497 e. The first-order chi connectivity index (χ1) is 8.31. The maximum absolute atomic E-state index is 8.91. The minimum atomic E-state index is -0.00778. The summed E-state index contributed by atoms with van der Waals surface area (Å²) in [6, 6.07) is 8.03. The third-order valence-electron chi connectivity index (χ3n) is 2.64. The quantitative estimate of drug-likeness (QED) is 0.852. The minimum absolute atomic E-state index is 0.00778. The molecule has 0 saturated heterocycles. The van der Waals surface area contributed by atoms with E-state index in [1.165, 1.54) is 5.56 Å². The van der Waals surface area contributed by atoms with E-state index in [1.54, 1.807) is 13.4 Å². The number of rotatable bonds is 5. The number of imidazole rings is 1. The number of aliphatic hydroxyl groups is 1. The molecule has 0 fully saturated rings. The summed E-state index contributed by atoms with van der Waals surface area (Å²) in [7, 11) is 1.67. The Balaban J connectivity index is 1.96. The largest absolute Gasteiger partial charge is 0.497 e. The molecule has 2 rings (SSSR count). The molecule has 1 heterocycles. The number of ether oxygens (including phenoxy) is 1. The van der Waals surface area contributed by atoms with Crippen molar-refractivity contribution in [3.63, 3.8) is 0 Å². The summed E-state index contributed by atoms with van der Waals surface area (Å²) < 4.78 is 7.15. The average Bonchev–Trinajstić information content (AvgIpc) is 2.84. The molecule has 0 unspecified atom stereocenters. The van der Waals surface area contributed by atoms with Crippen molar-refractivity contribution < 1.29 is 9.84 Å². The Labute approximate surface area is 100 Å². The van der Waals surface area contributed by atoms with Crippen LogP contribution in [0.2, 0.25) is 0 Å². The van der Waals surface area contributed by atoms with Crippen molar-refractivity contribution in [1.29, 1.82) is 0 Å². The molecular formula is C13H16N2O2. The monoisotopic (exact) mass is 232 g/mol. The Morgan fingerprint density at radius 3 is 3.00 bits per heavy atom. The van der Waals surface area contributed by atoms with Crippen LogP contribution in [0, 0.1) is 0 Å². The summed E-state index contributed by atoms with van der Waals surface area (Å²) in [5, 5.41) is 8.91. The summed E-state index contributed by atoms with van der Waals surface area (Å²) in [6.45, 7) is 0.840. The fourth-order valence-electron chi connectivity index (χ4n) is 1.70. The van der Waals surface area contributed by atoms with E-state index in [0.29, 0.717) is 5.69 Å². The normalized spacial score (nSPS) is 10.5. The number of hydrogen-bond donors (Lipinski definition) is 1. The highest BCUT2D eigenvalue weighted by atomic mass is 16.5. The van der Waals surface area contributed by atoms with E-state index >= 15 is 0 Å². The molecule has 1 aromatic carbocycles. The van der Waals surface area contributed by atoms with E-state index in [9.17, 15) is 0 Å². The van der Waals surface area contributed by atoms with Gasteiger partial charge in [-0.25, -0.2) is 4.98 Å². The van der Waals surface area contributed by atoms with Crippen LogP contribution in [0.1, 0.15) is 11.3 Å². The first-order valence-electron chi connectivity index (χ1n) is 5.56. The lowest BCUT2D eigenvalue weighted by Gasteiger charge is -2.05. The lowest BCUT2D eigenvalue weighted by molar-refractivity contribution is 0.277. The van der Waals surface area contributed by atoms with Gasteiger partial charge in [0.05, 0.1) is 25.7 Å². The number of nitrogens with zero attached hydrogens (tertiary/aromatic N) is 2. The second-order valence-electron chi connectivity index (χ2n) is 3.86. The van der Waals surface area contributed by atoms with Crippen molar-refractivity contribution >= 4 is 0 Å². The predicted octanol–water partition coefficient (Wildman–Crippen LogP) is 1.63. The molecule has 0 spiro atoms. The fraction of sp³-hybridized carbons (Fsp3) is 0.308. The molecule has 2 aromatic rings. The Bertz CT molecular complexity index is 480. The molecule has 0 amide bonds. The lowest BCUT2D eigenvalue weighted by Crippen LogP contribution is -1.98. The Hall–Kier alpha value is -1.81. The summed E-state index contributed by atoms with van der Waals surface area (Å²) in [5.41, 5.74) is 1.93. The van der Waals surface area contributed by atoms with Crippen LogP contribution >= 0.6 is 0 Å². The second-order valence-corrected chi connectivity index (χ2v) is 3.86. The van der Waals surface area contributed by atoms with Crippen LogP contribution in [0.3, 0.4) is 0 Å². The molecule has 0 aliphatic rings. The van der Waals surface area contributed by atoms with Crippen LogP contribution in [0.4, 0.5) is 0 Å².